The minimum atomic E-state index is -1.28. The van der Waals surface area contributed by atoms with Gasteiger partial charge in [0.2, 0.25) is 9.04 Å². The zero-order chi connectivity index (χ0) is 18.0. The summed E-state index contributed by atoms with van der Waals surface area (Å²) in [5, 5.41) is 0.364. The van der Waals surface area contributed by atoms with Gasteiger partial charge in [-0.3, -0.25) is 4.79 Å². The van der Waals surface area contributed by atoms with E-state index < -0.39 is 9.04 Å². The Balaban J connectivity index is 3.70. The van der Waals surface area contributed by atoms with Gasteiger partial charge in [0.25, 0.3) is 0 Å². The fourth-order valence-corrected chi connectivity index (χ4v) is 5.46. The van der Waals surface area contributed by atoms with Crippen LogP contribution >= 0.6 is 11.8 Å². The first-order valence-electron chi connectivity index (χ1n) is 9.59. The van der Waals surface area contributed by atoms with Crippen molar-refractivity contribution < 1.29 is 14.0 Å². The van der Waals surface area contributed by atoms with Crippen molar-refractivity contribution in [2.24, 2.45) is 0 Å². The fourth-order valence-electron chi connectivity index (χ4n) is 2.31. The SMILES string of the molecule is CCCCCCCC(=O)SCCC[SiH](COCC)OCCN(C)C. The number of hydrogen-bond donors (Lipinski definition) is 0. The topological polar surface area (TPSA) is 38.8 Å². The number of carbonyl (C=O) groups excluding carboxylic acids is 1. The van der Waals surface area contributed by atoms with Gasteiger partial charge in [0.05, 0.1) is 6.23 Å². The zero-order valence-corrected chi connectivity index (χ0v) is 18.3. The molecule has 0 bridgehead atoms. The van der Waals surface area contributed by atoms with Gasteiger partial charge in [-0.2, -0.15) is 0 Å². The van der Waals surface area contributed by atoms with Crippen molar-refractivity contribution in [1.29, 1.82) is 0 Å². The number of likely N-dealkylation sites (N-methyl/N-ethyl adjacent to an activating group) is 1. The highest BCUT2D eigenvalue weighted by Crippen LogP contribution is 2.14. The van der Waals surface area contributed by atoms with Crippen molar-refractivity contribution >= 4 is 25.9 Å². The van der Waals surface area contributed by atoms with Gasteiger partial charge < -0.3 is 14.1 Å². The van der Waals surface area contributed by atoms with Gasteiger partial charge >= 0.3 is 0 Å². The maximum atomic E-state index is 11.9. The molecule has 0 aromatic rings. The van der Waals surface area contributed by atoms with Crippen LogP contribution in [0.4, 0.5) is 0 Å². The second-order valence-electron chi connectivity index (χ2n) is 6.48. The lowest BCUT2D eigenvalue weighted by atomic mass is 10.1. The lowest BCUT2D eigenvalue weighted by Gasteiger charge is -2.18. The average molecular weight is 378 g/mol. The van der Waals surface area contributed by atoms with Gasteiger partial charge in [0.1, 0.15) is 0 Å². The Labute approximate surface area is 155 Å². The first-order chi connectivity index (χ1) is 11.6. The molecule has 144 valence electrons. The third-order valence-electron chi connectivity index (χ3n) is 3.82. The zero-order valence-electron chi connectivity index (χ0n) is 16.3. The summed E-state index contributed by atoms with van der Waals surface area (Å²) >= 11 is 1.51. The van der Waals surface area contributed by atoms with Crippen LogP contribution in [0, 0.1) is 0 Å². The molecule has 4 nitrogen and oxygen atoms in total. The van der Waals surface area contributed by atoms with Crippen LogP contribution in [-0.4, -0.2) is 64.9 Å². The molecule has 0 aliphatic heterocycles. The third kappa shape index (κ3) is 17.0. The van der Waals surface area contributed by atoms with Gasteiger partial charge in [-0.25, -0.2) is 0 Å². The fraction of sp³-hybridized carbons (Fsp3) is 0.944. The highest BCUT2D eigenvalue weighted by Gasteiger charge is 2.13. The van der Waals surface area contributed by atoms with Crippen molar-refractivity contribution in [1.82, 2.24) is 4.90 Å². The molecule has 1 unspecified atom stereocenters. The molecule has 0 amide bonds. The van der Waals surface area contributed by atoms with Crippen LogP contribution < -0.4 is 0 Å². The van der Waals surface area contributed by atoms with E-state index >= 15 is 0 Å². The first-order valence-corrected chi connectivity index (χ1v) is 12.7. The predicted octanol–water partition coefficient (Wildman–Crippen LogP) is 3.87. The van der Waals surface area contributed by atoms with Crippen molar-refractivity contribution in [3.63, 3.8) is 0 Å². The maximum absolute atomic E-state index is 11.9. The first kappa shape index (κ1) is 24.1. The Morgan fingerprint density at radius 3 is 2.50 bits per heavy atom. The molecule has 0 fully saturated rings. The van der Waals surface area contributed by atoms with E-state index in [-0.39, 0.29) is 0 Å². The number of carbonyl (C=O) groups is 1. The van der Waals surface area contributed by atoms with Crippen LogP contribution in [0.1, 0.15) is 58.8 Å². The second kappa shape index (κ2) is 17.9. The van der Waals surface area contributed by atoms with Crippen LogP contribution in [0.25, 0.3) is 0 Å². The van der Waals surface area contributed by atoms with E-state index in [0.717, 1.165) is 57.0 Å². The summed E-state index contributed by atoms with van der Waals surface area (Å²) in [4.78, 5) is 14.0. The molecule has 6 heteroatoms. The Morgan fingerprint density at radius 1 is 1.08 bits per heavy atom. The van der Waals surface area contributed by atoms with E-state index in [1.165, 1.54) is 37.4 Å². The molecule has 0 aliphatic carbocycles. The van der Waals surface area contributed by atoms with Crippen LogP contribution in [0.15, 0.2) is 0 Å². The van der Waals surface area contributed by atoms with Gasteiger partial charge in [0.15, 0.2) is 5.12 Å². The summed E-state index contributed by atoms with van der Waals surface area (Å²) in [7, 11) is 2.84. The van der Waals surface area contributed by atoms with Crippen molar-refractivity contribution in [2.75, 3.05) is 45.8 Å². The van der Waals surface area contributed by atoms with E-state index in [1.807, 2.05) is 6.92 Å². The third-order valence-corrected chi connectivity index (χ3v) is 7.20. The molecule has 0 saturated carbocycles. The van der Waals surface area contributed by atoms with Crippen molar-refractivity contribution in [3.8, 4) is 0 Å². The number of ether oxygens (including phenoxy) is 1. The Morgan fingerprint density at radius 2 is 1.83 bits per heavy atom. The minimum Gasteiger partial charge on any atom is -0.416 e. The standard InChI is InChI=1S/C18H39NO3SSi/c1-5-7-8-9-10-12-18(20)23-15-11-16-24(17-21-6-2)22-14-13-19(3)4/h24H,5-17H2,1-4H3. The molecular weight excluding hydrogens is 338 g/mol. The van der Waals surface area contributed by atoms with E-state index in [2.05, 4.69) is 25.9 Å². The summed E-state index contributed by atoms with van der Waals surface area (Å²) in [6.07, 6.45) is 8.67. The number of hydrogen-bond acceptors (Lipinski definition) is 5. The largest absolute Gasteiger partial charge is 0.416 e. The summed E-state index contributed by atoms with van der Waals surface area (Å²) < 4.78 is 11.6. The predicted molar refractivity (Wildman–Crippen MR) is 108 cm³/mol. The number of rotatable bonds is 17. The molecule has 0 spiro atoms. The average Bonchev–Trinajstić information content (AvgIpc) is 2.55. The number of nitrogens with zero attached hydrogens (tertiary/aromatic N) is 1. The molecule has 24 heavy (non-hydrogen) atoms. The van der Waals surface area contributed by atoms with Gasteiger partial charge in [0, 0.05) is 31.9 Å². The molecule has 0 rings (SSSR count). The molecule has 0 aromatic carbocycles. The van der Waals surface area contributed by atoms with Crippen LogP contribution in [0.3, 0.4) is 0 Å². The normalized spacial score (nSPS) is 12.7. The highest BCUT2D eigenvalue weighted by atomic mass is 32.2. The van der Waals surface area contributed by atoms with Gasteiger partial charge in [-0.1, -0.05) is 44.4 Å². The molecule has 0 saturated heterocycles. The quantitative estimate of drug-likeness (QED) is 0.284. The smallest absolute Gasteiger partial charge is 0.202 e. The lowest BCUT2D eigenvalue weighted by molar-refractivity contribution is -0.111. The number of unbranched alkanes of at least 4 members (excludes halogenated alkanes) is 4. The van der Waals surface area contributed by atoms with Crippen LogP contribution in [0.5, 0.6) is 0 Å². The monoisotopic (exact) mass is 377 g/mol. The second-order valence-corrected chi connectivity index (χ2v) is 10.1. The molecular formula is C18H39NO3SSi. The lowest BCUT2D eigenvalue weighted by Crippen LogP contribution is -2.29. The maximum Gasteiger partial charge on any atom is 0.202 e. The van der Waals surface area contributed by atoms with Gasteiger partial charge in [-0.05, 0) is 39.9 Å². The summed E-state index contributed by atoms with van der Waals surface area (Å²) in [5.41, 5.74) is 0. The summed E-state index contributed by atoms with van der Waals surface area (Å²) in [6.45, 7) is 6.75. The molecule has 0 radical (unpaired) electrons. The molecule has 0 N–H and O–H groups in total. The van der Waals surface area contributed by atoms with Gasteiger partial charge in [-0.15, -0.1) is 0 Å². The van der Waals surface area contributed by atoms with Crippen LogP contribution in [0.2, 0.25) is 6.04 Å². The van der Waals surface area contributed by atoms with E-state index in [4.69, 9.17) is 9.16 Å². The molecule has 0 aromatic heterocycles. The van der Waals surface area contributed by atoms with E-state index in [1.54, 1.807) is 0 Å². The summed E-state index contributed by atoms with van der Waals surface area (Å²) in [5.74, 6) is 0.931. The Hall–Kier alpha value is 0.117. The summed E-state index contributed by atoms with van der Waals surface area (Å²) in [6, 6.07) is 1.10. The van der Waals surface area contributed by atoms with E-state index in [0.29, 0.717) is 5.12 Å². The minimum absolute atomic E-state index is 0.364. The molecule has 0 aliphatic rings. The van der Waals surface area contributed by atoms with E-state index in [9.17, 15) is 4.79 Å². The highest BCUT2D eigenvalue weighted by molar-refractivity contribution is 8.13. The van der Waals surface area contributed by atoms with Crippen LogP contribution in [-0.2, 0) is 14.0 Å². The van der Waals surface area contributed by atoms with Crippen molar-refractivity contribution in [3.05, 3.63) is 0 Å². The molecule has 0 heterocycles. The molecule has 1 atom stereocenters. The van der Waals surface area contributed by atoms with Crippen molar-refractivity contribution in [2.45, 2.75) is 64.8 Å². The number of thioether (sulfide) groups is 1. The Kier molecular flexibility index (Phi) is 18.0. The Bertz CT molecular complexity index is 293.